The highest BCUT2D eigenvalue weighted by Gasteiger charge is 2.17. The number of non-ortho nitro benzene ring substituents is 1. The number of nitrogens with one attached hydrogen (secondary N) is 1. The maximum Gasteiger partial charge on any atom is 0.419 e. The largest absolute Gasteiger partial charge is 0.419 e. The molecule has 0 spiro atoms. The minimum Gasteiger partial charge on any atom is -0.407 e. The monoisotopic (exact) mass is 467 g/mol. The van der Waals surface area contributed by atoms with Crippen molar-refractivity contribution < 1.29 is 14.1 Å². The average Bonchev–Trinajstić information content (AvgIpc) is 3.14. The molecular formula is C24H29N5O5. The van der Waals surface area contributed by atoms with Crippen LogP contribution in [0, 0.1) is 17.0 Å². The number of nitro benzene ring substituents is 1. The van der Waals surface area contributed by atoms with Gasteiger partial charge in [0.25, 0.3) is 5.69 Å². The van der Waals surface area contributed by atoms with E-state index in [0.29, 0.717) is 11.9 Å². The summed E-state index contributed by atoms with van der Waals surface area (Å²) in [5, 5.41) is 13.9. The van der Waals surface area contributed by atoms with Gasteiger partial charge >= 0.3 is 5.76 Å². The van der Waals surface area contributed by atoms with Crippen molar-refractivity contribution >= 4 is 34.1 Å². The molecule has 1 amide bonds. The summed E-state index contributed by atoms with van der Waals surface area (Å²) in [5.74, 6) is -0.731. The summed E-state index contributed by atoms with van der Waals surface area (Å²) in [7, 11) is 0. The second-order valence-electron chi connectivity index (χ2n) is 8.50. The molecule has 0 radical (unpaired) electrons. The summed E-state index contributed by atoms with van der Waals surface area (Å²) in [6.07, 6.45) is 0.655. The van der Waals surface area contributed by atoms with Crippen LogP contribution >= 0.6 is 0 Å². The van der Waals surface area contributed by atoms with Gasteiger partial charge in [-0.15, -0.1) is 0 Å². The number of aromatic nitrogens is 1. The van der Waals surface area contributed by atoms with Gasteiger partial charge in [-0.25, -0.2) is 4.79 Å². The predicted octanol–water partition coefficient (Wildman–Crippen LogP) is 3.37. The molecule has 1 saturated heterocycles. The molecule has 0 saturated carbocycles. The van der Waals surface area contributed by atoms with Crippen LogP contribution in [0.15, 0.2) is 45.6 Å². The Morgan fingerprint density at radius 3 is 2.59 bits per heavy atom. The summed E-state index contributed by atoms with van der Waals surface area (Å²) >= 11 is 0. The lowest BCUT2D eigenvalue weighted by Crippen LogP contribution is -2.46. The lowest BCUT2D eigenvalue weighted by Gasteiger charge is -2.35. The molecule has 4 rings (SSSR count). The lowest BCUT2D eigenvalue weighted by molar-refractivity contribution is -0.384. The summed E-state index contributed by atoms with van der Waals surface area (Å²) in [6.45, 7) is 9.62. The summed E-state index contributed by atoms with van der Waals surface area (Å²) in [6, 6.07) is 10.1. The second kappa shape index (κ2) is 10.1. The van der Waals surface area contributed by atoms with E-state index in [1.165, 1.54) is 22.8 Å². The Bertz CT molecular complexity index is 1260. The number of carbonyl (C=O) groups excluding carboxylic acids is 1. The van der Waals surface area contributed by atoms with Gasteiger partial charge in [0, 0.05) is 56.6 Å². The lowest BCUT2D eigenvalue weighted by atomic mass is 10.1. The van der Waals surface area contributed by atoms with Crippen LogP contribution in [0.2, 0.25) is 0 Å². The molecule has 180 valence electrons. The summed E-state index contributed by atoms with van der Waals surface area (Å²) < 4.78 is 6.52. The van der Waals surface area contributed by atoms with E-state index in [-0.39, 0.29) is 30.1 Å². The summed E-state index contributed by atoms with van der Waals surface area (Å²) in [5.41, 5.74) is 3.44. The normalized spacial score (nSPS) is 14.5. The van der Waals surface area contributed by atoms with E-state index in [9.17, 15) is 19.7 Å². The molecule has 0 atom stereocenters. The molecule has 1 N–H and O–H groups in total. The number of amides is 1. The van der Waals surface area contributed by atoms with E-state index >= 15 is 0 Å². The van der Waals surface area contributed by atoms with Gasteiger partial charge in [-0.2, -0.15) is 0 Å². The number of benzene rings is 2. The number of rotatable bonds is 8. The van der Waals surface area contributed by atoms with E-state index in [1.54, 1.807) is 0 Å². The minimum absolute atomic E-state index is 0.135. The van der Waals surface area contributed by atoms with Crippen molar-refractivity contribution in [1.82, 2.24) is 9.47 Å². The molecule has 3 aromatic rings. The van der Waals surface area contributed by atoms with Gasteiger partial charge in [-0.1, -0.05) is 6.92 Å². The van der Waals surface area contributed by atoms with Crippen molar-refractivity contribution in [3.8, 4) is 0 Å². The van der Waals surface area contributed by atoms with Crippen molar-refractivity contribution in [2.24, 2.45) is 0 Å². The van der Waals surface area contributed by atoms with E-state index < -0.39 is 10.7 Å². The van der Waals surface area contributed by atoms with Gasteiger partial charge in [-0.3, -0.25) is 19.5 Å². The zero-order valence-electron chi connectivity index (χ0n) is 19.5. The first-order valence-corrected chi connectivity index (χ1v) is 11.5. The molecular weight excluding hydrogens is 438 g/mol. The van der Waals surface area contributed by atoms with E-state index in [1.807, 2.05) is 19.1 Å². The standard InChI is InChI=1S/C24H29N5O5/c1-3-26-11-13-27(14-12-26)18-6-8-20(17(2)15-18)25-23(30)5-4-10-28-21-9-7-19(29(32)33)16-22(21)34-24(28)31/h6-9,15-16H,3-5,10-14H2,1-2H3,(H,25,30). The maximum absolute atomic E-state index is 12.5. The highest BCUT2D eigenvalue weighted by molar-refractivity contribution is 5.91. The molecule has 1 fully saturated rings. The van der Waals surface area contributed by atoms with Gasteiger partial charge in [0.2, 0.25) is 5.91 Å². The van der Waals surface area contributed by atoms with Gasteiger partial charge in [0.15, 0.2) is 5.58 Å². The zero-order valence-corrected chi connectivity index (χ0v) is 19.5. The van der Waals surface area contributed by atoms with Crippen LogP contribution in [0.25, 0.3) is 11.1 Å². The van der Waals surface area contributed by atoms with E-state index in [4.69, 9.17) is 4.42 Å². The van der Waals surface area contributed by atoms with Crippen LogP contribution in [-0.4, -0.2) is 53.0 Å². The first-order valence-electron chi connectivity index (χ1n) is 11.5. The van der Waals surface area contributed by atoms with Crippen LogP contribution in [0.4, 0.5) is 17.1 Å². The number of aryl methyl sites for hydroxylation is 2. The number of piperazine rings is 1. The Labute approximate surface area is 196 Å². The molecule has 1 aromatic heterocycles. The fraction of sp³-hybridized carbons (Fsp3) is 0.417. The number of nitro groups is 1. The van der Waals surface area contributed by atoms with E-state index in [2.05, 4.69) is 28.1 Å². The quantitative estimate of drug-likeness (QED) is 0.399. The Kier molecular flexibility index (Phi) is 6.97. The average molecular weight is 468 g/mol. The number of hydrogen-bond acceptors (Lipinski definition) is 7. The third-order valence-electron chi connectivity index (χ3n) is 6.32. The number of fused-ring (bicyclic) bond motifs is 1. The zero-order chi connectivity index (χ0) is 24.2. The Balaban J connectivity index is 1.33. The first-order chi connectivity index (χ1) is 16.4. The van der Waals surface area contributed by atoms with Crippen molar-refractivity contribution in [2.75, 3.05) is 42.9 Å². The Morgan fingerprint density at radius 1 is 1.15 bits per heavy atom. The number of likely N-dealkylation sites (N-methyl/N-ethyl adjacent to an activating group) is 1. The molecule has 0 aliphatic carbocycles. The molecule has 10 heteroatoms. The number of carbonyl (C=O) groups is 1. The third-order valence-corrected chi connectivity index (χ3v) is 6.32. The minimum atomic E-state index is -0.595. The molecule has 1 aliphatic heterocycles. The molecule has 0 bridgehead atoms. The maximum atomic E-state index is 12.5. The topological polar surface area (TPSA) is 114 Å². The van der Waals surface area contributed by atoms with Crippen molar-refractivity contribution in [2.45, 2.75) is 33.2 Å². The molecule has 10 nitrogen and oxygen atoms in total. The Hall–Kier alpha value is -3.66. The molecule has 2 heterocycles. The predicted molar refractivity (Wildman–Crippen MR) is 130 cm³/mol. The van der Waals surface area contributed by atoms with Crippen LogP contribution in [0.5, 0.6) is 0 Å². The molecule has 34 heavy (non-hydrogen) atoms. The second-order valence-corrected chi connectivity index (χ2v) is 8.50. The van der Waals surface area contributed by atoms with Gasteiger partial charge in [0.1, 0.15) is 0 Å². The molecule has 0 unspecified atom stereocenters. The molecule has 1 aliphatic rings. The van der Waals surface area contributed by atoms with Crippen LogP contribution in [-0.2, 0) is 11.3 Å². The number of hydrogen-bond donors (Lipinski definition) is 1. The highest BCUT2D eigenvalue weighted by atomic mass is 16.6. The van der Waals surface area contributed by atoms with Gasteiger partial charge in [0.05, 0.1) is 16.5 Å². The van der Waals surface area contributed by atoms with Gasteiger partial charge < -0.3 is 19.5 Å². The highest BCUT2D eigenvalue weighted by Crippen LogP contribution is 2.24. The fourth-order valence-electron chi connectivity index (χ4n) is 4.30. The smallest absolute Gasteiger partial charge is 0.407 e. The van der Waals surface area contributed by atoms with Crippen molar-refractivity contribution in [1.29, 1.82) is 0 Å². The third kappa shape index (κ3) is 5.12. The van der Waals surface area contributed by atoms with Gasteiger partial charge in [-0.05, 0) is 49.7 Å². The van der Waals surface area contributed by atoms with E-state index in [0.717, 1.165) is 49.7 Å². The van der Waals surface area contributed by atoms with Crippen molar-refractivity contribution in [3.63, 3.8) is 0 Å². The first kappa shape index (κ1) is 23.5. The Morgan fingerprint density at radius 2 is 1.91 bits per heavy atom. The SMILES string of the molecule is CCN1CCN(c2ccc(NC(=O)CCCn3c(=O)oc4cc([N+](=O)[O-])ccc43)c(C)c2)CC1. The number of anilines is 2. The van der Waals surface area contributed by atoms with Crippen molar-refractivity contribution in [3.05, 3.63) is 62.6 Å². The van der Waals surface area contributed by atoms with Crippen LogP contribution in [0.1, 0.15) is 25.3 Å². The number of oxazole rings is 1. The fourth-order valence-corrected chi connectivity index (χ4v) is 4.30. The molecule has 2 aromatic carbocycles. The number of nitrogens with zero attached hydrogens (tertiary/aromatic N) is 4. The van der Waals surface area contributed by atoms with Crippen LogP contribution < -0.4 is 16.0 Å². The summed E-state index contributed by atoms with van der Waals surface area (Å²) in [4.78, 5) is 39.8. The van der Waals surface area contributed by atoms with Crippen LogP contribution in [0.3, 0.4) is 0 Å².